The number of hydrogen-bond acceptors (Lipinski definition) is 6. The molecule has 1 aliphatic carbocycles. The molecule has 0 N–H and O–H groups in total. The van der Waals surface area contributed by atoms with Gasteiger partial charge in [0.25, 0.3) is 5.91 Å². The van der Waals surface area contributed by atoms with Crippen molar-refractivity contribution in [3.8, 4) is 5.69 Å². The van der Waals surface area contributed by atoms with E-state index in [0.717, 1.165) is 5.69 Å². The Morgan fingerprint density at radius 3 is 2.44 bits per heavy atom. The summed E-state index contributed by atoms with van der Waals surface area (Å²) >= 11 is 6.22. The number of nitrogens with zero attached hydrogens (tertiary/aromatic N) is 6. The van der Waals surface area contributed by atoms with Gasteiger partial charge in [0.2, 0.25) is 5.95 Å². The lowest BCUT2D eigenvalue weighted by atomic mass is 9.72. The molecule has 1 saturated carbocycles. The van der Waals surface area contributed by atoms with E-state index in [-0.39, 0.29) is 18.5 Å². The number of likely N-dealkylation sites (tertiary alicyclic amines) is 1. The number of rotatable bonds is 5. The summed E-state index contributed by atoms with van der Waals surface area (Å²) in [5, 5.41) is 9.13. The van der Waals surface area contributed by atoms with Crippen LogP contribution in [0, 0.1) is 5.41 Å². The van der Waals surface area contributed by atoms with Crippen molar-refractivity contribution >= 4 is 29.5 Å². The molecule has 3 fully saturated rings. The summed E-state index contributed by atoms with van der Waals surface area (Å²) in [6, 6.07) is 5.25. The second-order valence-electron chi connectivity index (χ2n) is 10.2. The fourth-order valence-electron chi connectivity index (χ4n) is 5.26. The Bertz CT molecular complexity index is 1220. The van der Waals surface area contributed by atoms with Gasteiger partial charge in [0.1, 0.15) is 13.3 Å². The molecule has 0 bridgehead atoms. The highest BCUT2D eigenvalue weighted by molar-refractivity contribution is 6.30. The third-order valence-corrected chi connectivity index (χ3v) is 7.54. The van der Waals surface area contributed by atoms with Crippen LogP contribution in [0.2, 0.25) is 5.02 Å². The van der Waals surface area contributed by atoms with Crippen LogP contribution in [0.5, 0.6) is 0 Å². The standard InChI is InChI=1S/C23H24ClF3N6O3/c24-15-1-2-17-14(5-15)8-30(21(35)36-16(6-25)7-26)9-18-28-29-20(33(17)18)32-12-22(13-32)10-31(11-22)19(34)23(27)3-4-23/h1-2,5,16H,3-4,6-13H2. The van der Waals surface area contributed by atoms with Crippen molar-refractivity contribution in [2.45, 2.75) is 37.7 Å². The highest BCUT2D eigenvalue weighted by Gasteiger charge is 2.60. The molecular formula is C23H24ClF3N6O3. The minimum atomic E-state index is -1.65. The van der Waals surface area contributed by atoms with Crippen molar-refractivity contribution < 1.29 is 27.5 Å². The van der Waals surface area contributed by atoms with E-state index >= 15 is 0 Å². The van der Waals surface area contributed by atoms with Gasteiger partial charge in [-0.1, -0.05) is 11.6 Å². The quantitative estimate of drug-likeness (QED) is 0.598. The maximum atomic E-state index is 14.1. The fraction of sp³-hybridized carbons (Fsp3) is 0.565. The number of hydrogen-bond donors (Lipinski definition) is 0. The number of anilines is 1. The summed E-state index contributed by atoms with van der Waals surface area (Å²) < 4.78 is 46.8. The van der Waals surface area contributed by atoms with Gasteiger partial charge in [-0.25, -0.2) is 18.0 Å². The lowest BCUT2D eigenvalue weighted by Gasteiger charge is -2.60. The van der Waals surface area contributed by atoms with Gasteiger partial charge < -0.3 is 14.5 Å². The Kier molecular flexibility index (Phi) is 5.36. The van der Waals surface area contributed by atoms with Crippen molar-refractivity contribution in [2.75, 3.05) is 44.4 Å². The van der Waals surface area contributed by atoms with Gasteiger partial charge in [-0.05, 0) is 36.6 Å². The molecule has 1 aromatic heterocycles. The molecule has 13 heteroatoms. The third-order valence-electron chi connectivity index (χ3n) is 7.31. The van der Waals surface area contributed by atoms with Crippen LogP contribution in [0.15, 0.2) is 18.2 Å². The molecule has 6 rings (SSSR count). The summed E-state index contributed by atoms with van der Waals surface area (Å²) in [5.74, 6) is 0.636. The van der Waals surface area contributed by atoms with Gasteiger partial charge in [0.05, 0.1) is 18.8 Å². The zero-order valence-electron chi connectivity index (χ0n) is 19.3. The van der Waals surface area contributed by atoms with E-state index in [1.54, 1.807) is 17.0 Å². The molecule has 3 aliphatic heterocycles. The van der Waals surface area contributed by atoms with Gasteiger partial charge >= 0.3 is 6.09 Å². The van der Waals surface area contributed by atoms with Gasteiger partial charge in [-0.2, -0.15) is 0 Å². The molecule has 4 aliphatic rings. The molecule has 2 amide bonds. The van der Waals surface area contributed by atoms with Crippen molar-refractivity contribution in [1.82, 2.24) is 24.6 Å². The number of carbonyl (C=O) groups is 2. The summed E-state index contributed by atoms with van der Waals surface area (Å²) in [4.78, 5) is 29.9. The average molecular weight is 525 g/mol. The summed E-state index contributed by atoms with van der Waals surface area (Å²) in [5.41, 5.74) is -0.312. The molecule has 1 spiro atoms. The number of benzene rings is 1. The van der Waals surface area contributed by atoms with E-state index in [1.165, 1.54) is 4.90 Å². The van der Waals surface area contributed by atoms with Crippen molar-refractivity contribution in [3.63, 3.8) is 0 Å². The summed E-state index contributed by atoms with van der Waals surface area (Å²) in [7, 11) is 0. The zero-order valence-corrected chi connectivity index (χ0v) is 20.1. The Balaban J connectivity index is 1.22. The number of fused-ring (bicyclic) bond motifs is 3. The normalized spacial score (nSPS) is 20.9. The van der Waals surface area contributed by atoms with E-state index in [0.29, 0.717) is 61.4 Å². The molecule has 0 radical (unpaired) electrons. The Hall–Kier alpha value is -3.02. The number of aromatic nitrogens is 3. The lowest BCUT2D eigenvalue weighted by Crippen LogP contribution is -2.74. The van der Waals surface area contributed by atoms with Crippen LogP contribution in [-0.2, 0) is 22.6 Å². The molecule has 2 aromatic rings. The van der Waals surface area contributed by atoms with Crippen LogP contribution in [0.4, 0.5) is 23.9 Å². The maximum absolute atomic E-state index is 14.1. The Morgan fingerprint density at radius 2 is 1.78 bits per heavy atom. The van der Waals surface area contributed by atoms with E-state index in [4.69, 9.17) is 16.3 Å². The van der Waals surface area contributed by atoms with Crippen molar-refractivity contribution in [2.24, 2.45) is 5.41 Å². The van der Waals surface area contributed by atoms with Crippen LogP contribution in [0.1, 0.15) is 24.2 Å². The number of alkyl halides is 3. The van der Waals surface area contributed by atoms with Crippen LogP contribution >= 0.6 is 11.6 Å². The lowest BCUT2D eigenvalue weighted by molar-refractivity contribution is -0.152. The van der Waals surface area contributed by atoms with E-state index in [1.807, 2.05) is 15.5 Å². The van der Waals surface area contributed by atoms with Gasteiger partial charge in [0.15, 0.2) is 17.6 Å². The molecule has 36 heavy (non-hydrogen) atoms. The third kappa shape index (κ3) is 3.77. The van der Waals surface area contributed by atoms with Crippen LogP contribution in [-0.4, -0.2) is 87.9 Å². The highest BCUT2D eigenvalue weighted by Crippen LogP contribution is 2.47. The molecule has 0 unspecified atom stereocenters. The maximum Gasteiger partial charge on any atom is 0.410 e. The topological polar surface area (TPSA) is 83.8 Å². The predicted molar refractivity (Wildman–Crippen MR) is 122 cm³/mol. The van der Waals surface area contributed by atoms with Crippen LogP contribution < -0.4 is 4.90 Å². The van der Waals surface area contributed by atoms with Gasteiger partial charge in [0, 0.05) is 36.6 Å². The first kappa shape index (κ1) is 23.4. The summed E-state index contributed by atoms with van der Waals surface area (Å²) in [6.07, 6.45) is -1.71. The fourth-order valence-corrected chi connectivity index (χ4v) is 5.46. The average Bonchev–Trinajstić information content (AvgIpc) is 3.48. The van der Waals surface area contributed by atoms with Crippen molar-refractivity contribution in [1.29, 1.82) is 0 Å². The molecule has 192 valence electrons. The van der Waals surface area contributed by atoms with Gasteiger partial charge in [-0.3, -0.25) is 14.3 Å². The SMILES string of the molecule is O=C(OC(CF)CF)N1Cc2cc(Cl)ccc2-n2c(nnc2N2CC3(CN(C(=O)C4(F)CC4)C3)C2)C1. The van der Waals surface area contributed by atoms with E-state index < -0.39 is 37.1 Å². The minimum Gasteiger partial charge on any atom is -0.440 e. The largest absolute Gasteiger partial charge is 0.440 e. The molecular weight excluding hydrogens is 501 g/mol. The molecule has 1 aromatic carbocycles. The minimum absolute atomic E-state index is 0.0171. The first-order chi connectivity index (χ1) is 17.2. The van der Waals surface area contributed by atoms with Crippen LogP contribution in [0.3, 0.4) is 0 Å². The first-order valence-corrected chi connectivity index (χ1v) is 12.2. The first-order valence-electron chi connectivity index (χ1n) is 11.8. The van der Waals surface area contributed by atoms with Crippen molar-refractivity contribution in [3.05, 3.63) is 34.6 Å². The van der Waals surface area contributed by atoms with E-state index in [2.05, 4.69) is 10.2 Å². The molecule has 9 nitrogen and oxygen atoms in total. The summed E-state index contributed by atoms with van der Waals surface area (Å²) in [6.45, 7) is 0.194. The monoisotopic (exact) mass is 524 g/mol. The van der Waals surface area contributed by atoms with Crippen LogP contribution in [0.25, 0.3) is 5.69 Å². The zero-order chi connectivity index (χ0) is 25.2. The number of ether oxygens (including phenoxy) is 1. The van der Waals surface area contributed by atoms with Gasteiger partial charge in [-0.15, -0.1) is 10.2 Å². The molecule has 2 saturated heterocycles. The van der Waals surface area contributed by atoms with E-state index in [9.17, 15) is 22.8 Å². The second kappa shape index (κ2) is 8.25. The Labute approximate surface area is 209 Å². The number of carbonyl (C=O) groups excluding carboxylic acids is 2. The highest BCUT2D eigenvalue weighted by atomic mass is 35.5. The molecule has 0 atom stereocenters. The molecule has 4 heterocycles. The smallest absolute Gasteiger partial charge is 0.410 e. The number of halogens is 4. The predicted octanol–water partition coefficient (Wildman–Crippen LogP) is 2.83. The number of amides is 2. The Morgan fingerprint density at radius 1 is 1.06 bits per heavy atom. The second-order valence-corrected chi connectivity index (χ2v) is 10.6.